The number of aromatic amines is 1. The van der Waals surface area contributed by atoms with Crippen molar-refractivity contribution in [2.45, 2.75) is 25.8 Å². The van der Waals surface area contributed by atoms with Crippen LogP contribution in [0.1, 0.15) is 25.8 Å². The first kappa shape index (κ1) is 22.2. The van der Waals surface area contributed by atoms with Gasteiger partial charge in [-0.05, 0) is 62.1 Å². The number of nitrogens with zero attached hydrogens (tertiary/aromatic N) is 4. The van der Waals surface area contributed by atoms with Crippen molar-refractivity contribution in [1.82, 2.24) is 24.9 Å². The van der Waals surface area contributed by atoms with Crippen molar-refractivity contribution < 1.29 is 9.53 Å². The summed E-state index contributed by atoms with van der Waals surface area (Å²) in [6, 6.07) is 16.7. The van der Waals surface area contributed by atoms with Crippen molar-refractivity contribution in [3.8, 4) is 34.6 Å². The summed E-state index contributed by atoms with van der Waals surface area (Å²) in [6.07, 6.45) is 1.55. The van der Waals surface area contributed by atoms with Crippen LogP contribution >= 0.6 is 0 Å². The van der Waals surface area contributed by atoms with E-state index in [9.17, 15) is 9.59 Å². The number of aromatic nitrogens is 4. The number of piperidine rings is 1. The minimum atomic E-state index is -0.381. The molecule has 0 aliphatic carbocycles. The number of nitrogens with two attached hydrogens (primary N) is 1. The largest absolute Gasteiger partial charge is 0.457 e. The van der Waals surface area contributed by atoms with Gasteiger partial charge < -0.3 is 15.4 Å². The first-order chi connectivity index (χ1) is 17.0. The molecule has 3 N–H and O–H groups in total. The van der Waals surface area contributed by atoms with Gasteiger partial charge in [0.05, 0.1) is 11.4 Å². The van der Waals surface area contributed by atoms with Crippen molar-refractivity contribution >= 4 is 22.6 Å². The van der Waals surface area contributed by atoms with Crippen LogP contribution < -0.4 is 16.0 Å². The molecule has 0 bridgehead atoms. The SMILES string of the molecule is CC#CC(=O)N1CCCC(n2nc(-c3ccc(Oc4ccccc4)cc3)c3c(N)n[nH]c(=O)c32)C1. The number of carbonyl (C=O) groups excluding carboxylic acids is 1. The summed E-state index contributed by atoms with van der Waals surface area (Å²) < 4.78 is 7.58. The Kier molecular flexibility index (Phi) is 5.94. The molecule has 35 heavy (non-hydrogen) atoms. The molecule has 5 rings (SSSR count). The average Bonchev–Trinajstić information content (AvgIpc) is 3.30. The minimum absolute atomic E-state index is 0.186. The Morgan fingerprint density at radius 2 is 1.89 bits per heavy atom. The van der Waals surface area contributed by atoms with Gasteiger partial charge in [-0.1, -0.05) is 24.1 Å². The van der Waals surface area contributed by atoms with E-state index in [1.54, 1.807) is 16.5 Å². The number of fused-ring (bicyclic) bond motifs is 1. The molecule has 0 radical (unpaired) electrons. The maximum atomic E-state index is 12.9. The van der Waals surface area contributed by atoms with E-state index in [1.165, 1.54) is 0 Å². The van der Waals surface area contributed by atoms with E-state index < -0.39 is 0 Å². The second-order valence-corrected chi connectivity index (χ2v) is 8.32. The predicted molar refractivity (Wildman–Crippen MR) is 133 cm³/mol. The number of amides is 1. The molecule has 1 unspecified atom stereocenters. The van der Waals surface area contributed by atoms with Crippen LogP contribution in [0, 0.1) is 11.8 Å². The third kappa shape index (κ3) is 4.34. The quantitative estimate of drug-likeness (QED) is 0.444. The predicted octanol–water partition coefficient (Wildman–Crippen LogP) is 3.35. The highest BCUT2D eigenvalue weighted by Gasteiger charge is 2.29. The van der Waals surface area contributed by atoms with Crippen LogP contribution in [0.3, 0.4) is 0 Å². The van der Waals surface area contributed by atoms with Crippen LogP contribution in [0.2, 0.25) is 0 Å². The first-order valence-corrected chi connectivity index (χ1v) is 11.4. The molecule has 4 aromatic rings. The highest BCUT2D eigenvalue weighted by atomic mass is 16.5. The summed E-state index contributed by atoms with van der Waals surface area (Å²) in [5.74, 6) is 6.62. The van der Waals surface area contributed by atoms with Crippen molar-refractivity contribution in [1.29, 1.82) is 0 Å². The molecule has 9 heteroatoms. The Hall–Kier alpha value is -4.58. The molecular weight excluding hydrogens is 444 g/mol. The van der Waals surface area contributed by atoms with E-state index in [0.29, 0.717) is 35.4 Å². The van der Waals surface area contributed by atoms with Crippen LogP contribution in [0.15, 0.2) is 59.4 Å². The number of hydrogen-bond donors (Lipinski definition) is 2. The number of hydrogen-bond acceptors (Lipinski definition) is 6. The number of likely N-dealkylation sites (tertiary alicyclic amines) is 1. The fourth-order valence-electron chi connectivity index (χ4n) is 4.41. The van der Waals surface area contributed by atoms with Crippen molar-refractivity contribution in [2.75, 3.05) is 18.8 Å². The smallest absolute Gasteiger partial charge is 0.298 e. The standard InChI is InChI=1S/C26H24N6O3/c1-2-7-21(33)31-15-6-8-18(16-31)32-24-22(25(27)28-29-26(24)34)23(30-32)17-11-13-20(14-12-17)35-19-9-4-3-5-10-19/h3-5,9-14,18H,6,8,15-16H2,1H3,(H2,27,28)(H,29,34). The van der Waals surface area contributed by atoms with E-state index in [0.717, 1.165) is 24.2 Å². The Balaban J connectivity index is 1.53. The van der Waals surface area contributed by atoms with E-state index in [4.69, 9.17) is 15.6 Å². The van der Waals surface area contributed by atoms with Gasteiger partial charge in [0.25, 0.3) is 11.5 Å². The molecule has 1 aliphatic heterocycles. The minimum Gasteiger partial charge on any atom is -0.457 e. The highest BCUT2D eigenvalue weighted by molar-refractivity contribution is 5.99. The first-order valence-electron chi connectivity index (χ1n) is 11.4. The summed E-state index contributed by atoms with van der Waals surface area (Å²) in [5, 5.41) is 11.7. The lowest BCUT2D eigenvalue weighted by atomic mass is 10.1. The molecule has 176 valence electrons. The van der Waals surface area contributed by atoms with Gasteiger partial charge in [-0.15, -0.1) is 0 Å². The number of benzene rings is 2. The number of ether oxygens (including phenoxy) is 1. The third-order valence-electron chi connectivity index (χ3n) is 6.03. The summed E-state index contributed by atoms with van der Waals surface area (Å²) in [5.41, 5.74) is 7.50. The zero-order valence-electron chi connectivity index (χ0n) is 19.2. The van der Waals surface area contributed by atoms with Gasteiger partial charge in [-0.25, -0.2) is 5.10 Å². The van der Waals surface area contributed by atoms with E-state index in [1.807, 2.05) is 54.6 Å². The number of nitrogen functional groups attached to an aromatic ring is 1. The van der Waals surface area contributed by atoms with Gasteiger partial charge >= 0.3 is 0 Å². The fraction of sp³-hybridized carbons (Fsp3) is 0.231. The molecule has 0 spiro atoms. The summed E-state index contributed by atoms with van der Waals surface area (Å²) in [7, 11) is 0. The molecule has 1 aliphatic rings. The van der Waals surface area contributed by atoms with Crippen LogP contribution in [-0.4, -0.2) is 43.9 Å². The van der Waals surface area contributed by atoms with Gasteiger partial charge in [-0.2, -0.15) is 10.2 Å². The highest BCUT2D eigenvalue weighted by Crippen LogP contribution is 2.34. The normalized spacial score (nSPS) is 15.5. The topological polar surface area (TPSA) is 119 Å². The number of anilines is 1. The Bertz CT molecular complexity index is 1500. The van der Waals surface area contributed by atoms with Crippen LogP contribution in [0.5, 0.6) is 11.5 Å². The van der Waals surface area contributed by atoms with Crippen molar-refractivity contribution in [3.63, 3.8) is 0 Å². The maximum Gasteiger partial charge on any atom is 0.298 e. The number of rotatable bonds is 4. The fourth-order valence-corrected chi connectivity index (χ4v) is 4.41. The number of nitrogens with one attached hydrogen (secondary N) is 1. The zero-order valence-corrected chi connectivity index (χ0v) is 19.2. The lowest BCUT2D eigenvalue weighted by Crippen LogP contribution is -2.40. The molecule has 1 atom stereocenters. The molecular formula is C26H24N6O3. The molecule has 3 heterocycles. The Morgan fingerprint density at radius 1 is 1.14 bits per heavy atom. The Labute approximate surface area is 201 Å². The maximum absolute atomic E-state index is 12.9. The average molecular weight is 469 g/mol. The summed E-state index contributed by atoms with van der Waals surface area (Å²) in [6.45, 7) is 2.67. The van der Waals surface area contributed by atoms with Crippen LogP contribution in [0.4, 0.5) is 5.82 Å². The van der Waals surface area contributed by atoms with Crippen LogP contribution in [-0.2, 0) is 4.79 Å². The second kappa shape index (κ2) is 9.35. The van der Waals surface area contributed by atoms with Gasteiger partial charge in [0.1, 0.15) is 22.7 Å². The molecule has 1 amide bonds. The Morgan fingerprint density at radius 3 is 2.63 bits per heavy atom. The zero-order chi connectivity index (χ0) is 24.4. The van der Waals surface area contributed by atoms with E-state index >= 15 is 0 Å². The van der Waals surface area contributed by atoms with Crippen molar-refractivity contribution in [2.24, 2.45) is 0 Å². The van der Waals surface area contributed by atoms with Crippen molar-refractivity contribution in [3.05, 3.63) is 65.0 Å². The second-order valence-electron chi connectivity index (χ2n) is 8.32. The lowest BCUT2D eigenvalue weighted by Gasteiger charge is -2.31. The van der Waals surface area contributed by atoms with E-state index in [-0.39, 0.29) is 23.3 Å². The van der Waals surface area contributed by atoms with Gasteiger partial charge in [0.2, 0.25) is 0 Å². The summed E-state index contributed by atoms with van der Waals surface area (Å²) >= 11 is 0. The molecule has 1 saturated heterocycles. The molecule has 9 nitrogen and oxygen atoms in total. The molecule has 0 saturated carbocycles. The molecule has 2 aromatic carbocycles. The van der Waals surface area contributed by atoms with Gasteiger partial charge in [0.15, 0.2) is 5.82 Å². The van der Waals surface area contributed by atoms with E-state index in [2.05, 4.69) is 22.0 Å². The number of H-pyrrole nitrogens is 1. The van der Waals surface area contributed by atoms with Gasteiger partial charge in [0, 0.05) is 18.7 Å². The van der Waals surface area contributed by atoms with Gasteiger partial charge in [-0.3, -0.25) is 14.3 Å². The monoisotopic (exact) mass is 468 g/mol. The molecule has 2 aromatic heterocycles. The summed E-state index contributed by atoms with van der Waals surface area (Å²) in [4.78, 5) is 26.9. The lowest BCUT2D eigenvalue weighted by molar-refractivity contribution is -0.126. The van der Waals surface area contributed by atoms with Crippen LogP contribution in [0.25, 0.3) is 22.2 Å². The molecule has 1 fully saturated rings. The third-order valence-corrected chi connectivity index (χ3v) is 6.03. The number of carbonyl (C=O) groups is 1. The number of para-hydroxylation sites is 1.